The molecule has 2 amide bonds. The minimum Gasteiger partial charge on any atom is -0.295 e. The van der Waals surface area contributed by atoms with Crippen LogP contribution in [0.2, 0.25) is 0 Å². The molecule has 0 saturated carbocycles. The smallest absolute Gasteiger partial charge is 0.295 e. The molecule has 0 spiro atoms. The van der Waals surface area contributed by atoms with E-state index in [1.807, 2.05) is 13.8 Å². The lowest BCUT2D eigenvalue weighted by molar-refractivity contribution is -0.203. The number of rotatable bonds is 2. The van der Waals surface area contributed by atoms with E-state index < -0.39 is 29.8 Å². The number of alkyl halides is 3. The topological polar surface area (TPSA) is 73.1 Å². The summed E-state index contributed by atoms with van der Waals surface area (Å²) < 4.78 is 40.9. The zero-order chi connectivity index (χ0) is 18.5. The summed E-state index contributed by atoms with van der Waals surface area (Å²) in [6.45, 7) is 3.66. The van der Waals surface area contributed by atoms with Crippen LogP contribution in [-0.4, -0.2) is 20.9 Å². The molecule has 0 aliphatic carbocycles. The third-order valence-electron chi connectivity index (χ3n) is 4.34. The van der Waals surface area contributed by atoms with Crippen molar-refractivity contribution in [3.63, 3.8) is 0 Å². The Kier molecular flexibility index (Phi) is 3.97. The average molecular weight is 355 g/mol. The van der Waals surface area contributed by atoms with Gasteiger partial charge in [-0.2, -0.15) is 0 Å². The number of piperidine rings is 1. The van der Waals surface area contributed by atoms with Crippen LogP contribution in [0.5, 0.6) is 0 Å². The van der Waals surface area contributed by atoms with E-state index in [2.05, 4.69) is 5.32 Å². The lowest BCUT2D eigenvalue weighted by atomic mass is 10.0. The summed E-state index contributed by atoms with van der Waals surface area (Å²) in [7, 11) is 0. The van der Waals surface area contributed by atoms with Gasteiger partial charge in [0.2, 0.25) is 11.8 Å². The summed E-state index contributed by atoms with van der Waals surface area (Å²) in [5, 5.41) is 2.07. The normalized spacial score (nSPS) is 18.9. The molecule has 1 aromatic carbocycles. The summed E-state index contributed by atoms with van der Waals surface area (Å²) in [6, 6.07) is 3.21. The number of nitrogens with zero attached hydrogens (tertiary/aromatic N) is 2. The Balaban J connectivity index is 2.30. The number of imidazole rings is 1. The van der Waals surface area contributed by atoms with Gasteiger partial charge in [0.25, 0.3) is 0 Å². The van der Waals surface area contributed by atoms with Gasteiger partial charge in [0.15, 0.2) is 0 Å². The highest BCUT2D eigenvalue weighted by Gasteiger charge is 2.39. The van der Waals surface area contributed by atoms with E-state index in [-0.39, 0.29) is 34.4 Å². The first-order valence-electron chi connectivity index (χ1n) is 7.79. The van der Waals surface area contributed by atoms with Crippen molar-refractivity contribution in [1.82, 2.24) is 14.5 Å². The minimum atomic E-state index is -4.92. The molecule has 1 unspecified atom stereocenters. The number of carbonyl (C=O) groups is 2. The van der Waals surface area contributed by atoms with Gasteiger partial charge >= 0.3 is 12.0 Å². The van der Waals surface area contributed by atoms with E-state index >= 15 is 0 Å². The zero-order valence-electron chi connectivity index (χ0n) is 13.6. The van der Waals surface area contributed by atoms with Crippen molar-refractivity contribution in [2.45, 2.75) is 44.9 Å². The molecule has 25 heavy (non-hydrogen) atoms. The van der Waals surface area contributed by atoms with Gasteiger partial charge in [-0.1, -0.05) is 19.9 Å². The van der Waals surface area contributed by atoms with Crippen LogP contribution < -0.4 is 11.0 Å². The van der Waals surface area contributed by atoms with Crippen LogP contribution in [0.4, 0.5) is 13.2 Å². The molecule has 1 N–H and O–H groups in total. The van der Waals surface area contributed by atoms with Gasteiger partial charge in [-0.3, -0.25) is 19.5 Å². The summed E-state index contributed by atoms with van der Waals surface area (Å²) in [4.78, 5) is 35.8. The molecule has 2 heterocycles. The first-order valence-corrected chi connectivity index (χ1v) is 7.79. The van der Waals surface area contributed by atoms with E-state index in [1.54, 1.807) is 6.07 Å². The highest BCUT2D eigenvalue weighted by molar-refractivity contribution is 6.00. The molecular weight excluding hydrogens is 339 g/mol. The van der Waals surface area contributed by atoms with Crippen LogP contribution in [-0.2, 0) is 15.9 Å². The molecule has 2 aromatic rings. The molecule has 1 fully saturated rings. The predicted molar refractivity (Wildman–Crippen MR) is 83.0 cm³/mol. The number of fused-ring (bicyclic) bond motifs is 1. The van der Waals surface area contributed by atoms with E-state index in [9.17, 15) is 27.6 Å². The third kappa shape index (κ3) is 2.83. The summed E-state index contributed by atoms with van der Waals surface area (Å²) in [5.74, 6) is -1.30. The SMILES string of the molecule is CC(C)c1ccc2c(c1)n(C(F)(F)F)c(=O)n2C1CCC(=O)NC1=O. The summed E-state index contributed by atoms with van der Waals surface area (Å²) >= 11 is 0. The van der Waals surface area contributed by atoms with Crippen LogP contribution >= 0.6 is 0 Å². The van der Waals surface area contributed by atoms with Gasteiger partial charge in [-0.25, -0.2) is 9.36 Å². The van der Waals surface area contributed by atoms with E-state index in [4.69, 9.17) is 0 Å². The van der Waals surface area contributed by atoms with Crippen molar-refractivity contribution in [2.75, 3.05) is 0 Å². The van der Waals surface area contributed by atoms with Gasteiger partial charge < -0.3 is 0 Å². The molecular formula is C16H16F3N3O3. The van der Waals surface area contributed by atoms with Crippen LogP contribution in [0, 0.1) is 0 Å². The average Bonchev–Trinajstić information content (AvgIpc) is 2.78. The number of amides is 2. The molecule has 0 radical (unpaired) electrons. The number of carbonyl (C=O) groups excluding carboxylic acids is 2. The predicted octanol–water partition coefficient (Wildman–Crippen LogP) is 2.38. The fourth-order valence-corrected chi connectivity index (χ4v) is 3.07. The Labute approximate surface area is 140 Å². The van der Waals surface area contributed by atoms with Crippen LogP contribution in [0.1, 0.15) is 44.2 Å². The highest BCUT2D eigenvalue weighted by atomic mass is 19.4. The number of halogens is 3. The molecule has 134 valence electrons. The maximum absolute atomic E-state index is 13.4. The molecule has 1 saturated heterocycles. The first-order chi connectivity index (χ1) is 11.6. The Morgan fingerprint density at radius 3 is 2.40 bits per heavy atom. The van der Waals surface area contributed by atoms with Gasteiger partial charge in [0, 0.05) is 6.42 Å². The molecule has 9 heteroatoms. The number of hydrogen-bond acceptors (Lipinski definition) is 3. The van der Waals surface area contributed by atoms with Crippen LogP contribution in [0.3, 0.4) is 0 Å². The standard InChI is InChI=1S/C16H16F3N3O3/c1-8(2)9-3-4-10-12(7-9)22(16(17,18)19)15(25)21(10)11-5-6-13(23)20-14(11)24/h3-4,7-8,11H,5-6H2,1-2H3,(H,20,23,24). The summed E-state index contributed by atoms with van der Waals surface area (Å²) in [6.07, 6.45) is -4.98. The van der Waals surface area contributed by atoms with Crippen molar-refractivity contribution < 1.29 is 22.8 Å². The quantitative estimate of drug-likeness (QED) is 0.841. The maximum atomic E-state index is 13.4. The molecule has 1 aliphatic rings. The molecule has 1 aliphatic heterocycles. The van der Waals surface area contributed by atoms with Crippen LogP contribution in [0.15, 0.2) is 23.0 Å². The van der Waals surface area contributed by atoms with Gasteiger partial charge in [-0.05, 0) is 30.0 Å². The van der Waals surface area contributed by atoms with Gasteiger partial charge in [0.1, 0.15) is 6.04 Å². The van der Waals surface area contributed by atoms with Crippen molar-refractivity contribution in [3.05, 3.63) is 34.2 Å². The minimum absolute atomic E-state index is 0.0150. The lowest BCUT2D eigenvalue weighted by Crippen LogP contribution is -2.45. The lowest BCUT2D eigenvalue weighted by Gasteiger charge is -2.22. The van der Waals surface area contributed by atoms with Gasteiger partial charge in [0.05, 0.1) is 11.0 Å². The van der Waals surface area contributed by atoms with E-state index in [0.717, 1.165) is 4.57 Å². The molecule has 1 atom stereocenters. The Morgan fingerprint density at radius 1 is 1.16 bits per heavy atom. The fourth-order valence-electron chi connectivity index (χ4n) is 3.07. The second-order valence-corrected chi connectivity index (χ2v) is 6.33. The largest absolute Gasteiger partial charge is 0.493 e. The van der Waals surface area contributed by atoms with E-state index in [1.165, 1.54) is 12.1 Å². The molecule has 0 bridgehead atoms. The Morgan fingerprint density at radius 2 is 1.84 bits per heavy atom. The van der Waals surface area contributed by atoms with Crippen LogP contribution in [0.25, 0.3) is 11.0 Å². The molecule has 6 nitrogen and oxygen atoms in total. The molecule has 3 rings (SSSR count). The maximum Gasteiger partial charge on any atom is 0.493 e. The number of nitrogens with one attached hydrogen (secondary N) is 1. The summed E-state index contributed by atoms with van der Waals surface area (Å²) in [5.41, 5.74) is -0.974. The van der Waals surface area contributed by atoms with Crippen molar-refractivity contribution in [2.24, 2.45) is 0 Å². The Hall–Kier alpha value is -2.58. The number of aromatic nitrogens is 2. The second kappa shape index (κ2) is 5.75. The number of imide groups is 1. The first kappa shape index (κ1) is 17.2. The van der Waals surface area contributed by atoms with Crippen molar-refractivity contribution in [1.29, 1.82) is 0 Å². The Bertz CT molecular complexity index is 924. The number of hydrogen-bond donors (Lipinski definition) is 1. The van der Waals surface area contributed by atoms with E-state index in [0.29, 0.717) is 5.56 Å². The van der Waals surface area contributed by atoms with Gasteiger partial charge in [-0.15, -0.1) is 13.2 Å². The highest BCUT2D eigenvalue weighted by Crippen LogP contribution is 2.31. The molecule has 1 aromatic heterocycles. The fraction of sp³-hybridized carbons (Fsp3) is 0.438. The van der Waals surface area contributed by atoms with Crippen molar-refractivity contribution >= 4 is 22.8 Å². The second-order valence-electron chi connectivity index (χ2n) is 6.33. The third-order valence-corrected chi connectivity index (χ3v) is 4.34. The monoisotopic (exact) mass is 355 g/mol. The van der Waals surface area contributed by atoms with Crippen molar-refractivity contribution in [3.8, 4) is 0 Å². The number of benzene rings is 1. The zero-order valence-corrected chi connectivity index (χ0v) is 13.6.